The van der Waals surface area contributed by atoms with Gasteiger partial charge in [-0.05, 0) is 48.9 Å². The van der Waals surface area contributed by atoms with Crippen molar-refractivity contribution in [2.24, 2.45) is 0 Å². The molecule has 4 heteroatoms. The summed E-state index contributed by atoms with van der Waals surface area (Å²) in [6, 6.07) is 15.6. The Morgan fingerprint density at radius 1 is 1.09 bits per heavy atom. The lowest BCUT2D eigenvalue weighted by Crippen LogP contribution is -2.30. The Labute approximate surface area is 142 Å². The molecule has 0 aliphatic rings. The molecule has 2 rings (SSSR count). The van der Waals surface area contributed by atoms with E-state index in [0.29, 0.717) is 5.92 Å². The average molecular weight is 329 g/mol. The van der Waals surface area contributed by atoms with Crippen LogP contribution in [-0.2, 0) is 4.79 Å². The number of para-hydroxylation sites is 1. The van der Waals surface area contributed by atoms with E-state index < -0.39 is 6.10 Å². The molecule has 2 aromatic rings. The van der Waals surface area contributed by atoms with Crippen LogP contribution in [0.2, 0.25) is 0 Å². The summed E-state index contributed by atoms with van der Waals surface area (Å²) >= 11 is 1.64. The monoisotopic (exact) mass is 329 g/mol. The number of benzene rings is 2. The van der Waals surface area contributed by atoms with Crippen LogP contribution in [0, 0.1) is 0 Å². The van der Waals surface area contributed by atoms with Gasteiger partial charge >= 0.3 is 0 Å². The number of ether oxygens (including phenoxy) is 1. The molecule has 0 aromatic heterocycles. The van der Waals surface area contributed by atoms with Gasteiger partial charge < -0.3 is 10.1 Å². The van der Waals surface area contributed by atoms with Crippen LogP contribution in [-0.4, -0.2) is 18.3 Å². The van der Waals surface area contributed by atoms with Crippen LogP contribution in [0.4, 0.5) is 5.69 Å². The highest BCUT2D eigenvalue weighted by Gasteiger charge is 2.17. The van der Waals surface area contributed by atoms with Crippen molar-refractivity contribution < 1.29 is 9.53 Å². The molecule has 0 spiro atoms. The lowest BCUT2D eigenvalue weighted by Gasteiger charge is -2.18. The number of hydrogen-bond acceptors (Lipinski definition) is 3. The topological polar surface area (TPSA) is 38.3 Å². The fraction of sp³-hybridized carbons (Fsp3) is 0.316. The van der Waals surface area contributed by atoms with Gasteiger partial charge in [-0.2, -0.15) is 0 Å². The quantitative estimate of drug-likeness (QED) is 0.763. The summed E-state index contributed by atoms with van der Waals surface area (Å²) in [6.07, 6.45) is 1.45. The maximum absolute atomic E-state index is 12.4. The van der Waals surface area contributed by atoms with Crippen molar-refractivity contribution in [2.75, 3.05) is 11.6 Å². The molecule has 0 fully saturated rings. The molecule has 0 saturated carbocycles. The van der Waals surface area contributed by atoms with E-state index in [1.807, 2.05) is 54.8 Å². The van der Waals surface area contributed by atoms with Crippen LogP contribution in [0.15, 0.2) is 53.4 Å². The van der Waals surface area contributed by atoms with E-state index in [2.05, 4.69) is 19.2 Å². The molecule has 3 nitrogen and oxygen atoms in total. The fourth-order valence-electron chi connectivity index (χ4n) is 2.25. The van der Waals surface area contributed by atoms with Gasteiger partial charge in [0.2, 0.25) is 0 Å². The maximum atomic E-state index is 12.4. The molecule has 0 bridgehead atoms. The number of carbonyl (C=O) groups is 1. The van der Waals surface area contributed by atoms with E-state index in [1.165, 1.54) is 0 Å². The van der Waals surface area contributed by atoms with Gasteiger partial charge in [0, 0.05) is 10.6 Å². The van der Waals surface area contributed by atoms with E-state index in [-0.39, 0.29) is 5.91 Å². The molecule has 0 radical (unpaired) electrons. The molecule has 0 heterocycles. The Morgan fingerprint density at radius 3 is 2.52 bits per heavy atom. The minimum atomic E-state index is -0.562. The van der Waals surface area contributed by atoms with Gasteiger partial charge in [0.05, 0.1) is 0 Å². The molecule has 23 heavy (non-hydrogen) atoms. The second-order valence-corrected chi connectivity index (χ2v) is 6.55. The first kappa shape index (κ1) is 17.4. The standard InChI is InChI=1S/C19H23NO2S/c1-13(2)17-10-5-6-11-18(17)22-14(3)19(21)20-15-8-7-9-16(12-15)23-4/h5-14H,1-4H3,(H,20,21)/t14-/m0/s1. The van der Waals surface area contributed by atoms with E-state index in [9.17, 15) is 4.79 Å². The first-order valence-electron chi connectivity index (χ1n) is 7.71. The number of rotatable bonds is 6. The van der Waals surface area contributed by atoms with Crippen molar-refractivity contribution in [2.45, 2.75) is 37.7 Å². The average Bonchev–Trinajstić information content (AvgIpc) is 2.55. The van der Waals surface area contributed by atoms with Gasteiger partial charge in [-0.1, -0.05) is 38.1 Å². The molecule has 0 aliphatic carbocycles. The summed E-state index contributed by atoms with van der Waals surface area (Å²) in [4.78, 5) is 13.5. The maximum Gasteiger partial charge on any atom is 0.265 e. The second kappa shape index (κ2) is 8.06. The molecular weight excluding hydrogens is 306 g/mol. The number of anilines is 1. The van der Waals surface area contributed by atoms with Crippen molar-refractivity contribution >= 4 is 23.4 Å². The van der Waals surface area contributed by atoms with Crippen LogP contribution in [0.25, 0.3) is 0 Å². The summed E-state index contributed by atoms with van der Waals surface area (Å²) in [6.45, 7) is 5.99. The highest BCUT2D eigenvalue weighted by molar-refractivity contribution is 7.98. The van der Waals surface area contributed by atoms with E-state index in [1.54, 1.807) is 18.7 Å². The Bertz CT molecular complexity index is 670. The van der Waals surface area contributed by atoms with Gasteiger partial charge in [-0.15, -0.1) is 11.8 Å². The number of hydrogen-bond donors (Lipinski definition) is 1. The SMILES string of the molecule is CSc1cccc(NC(=O)[C@H](C)Oc2ccccc2C(C)C)c1. The lowest BCUT2D eigenvalue weighted by molar-refractivity contribution is -0.122. The lowest BCUT2D eigenvalue weighted by atomic mass is 10.0. The van der Waals surface area contributed by atoms with Gasteiger partial charge in [0.15, 0.2) is 6.10 Å². The second-order valence-electron chi connectivity index (χ2n) is 5.67. The predicted octanol–water partition coefficient (Wildman–Crippen LogP) is 4.94. The van der Waals surface area contributed by atoms with Gasteiger partial charge in [0.1, 0.15) is 5.75 Å². The Morgan fingerprint density at radius 2 is 1.83 bits per heavy atom. The van der Waals surface area contributed by atoms with Crippen LogP contribution >= 0.6 is 11.8 Å². The zero-order valence-electron chi connectivity index (χ0n) is 14.0. The largest absolute Gasteiger partial charge is 0.481 e. The summed E-state index contributed by atoms with van der Waals surface area (Å²) in [5.41, 5.74) is 1.89. The number of thioether (sulfide) groups is 1. The van der Waals surface area contributed by atoms with Crippen molar-refractivity contribution in [3.05, 3.63) is 54.1 Å². The first-order valence-corrected chi connectivity index (χ1v) is 8.94. The van der Waals surface area contributed by atoms with Crippen molar-refractivity contribution in [3.8, 4) is 5.75 Å². The van der Waals surface area contributed by atoms with Crippen LogP contribution in [0.3, 0.4) is 0 Å². The van der Waals surface area contributed by atoms with Crippen molar-refractivity contribution in [3.63, 3.8) is 0 Å². The summed E-state index contributed by atoms with van der Waals surface area (Å²) in [5, 5.41) is 2.91. The van der Waals surface area contributed by atoms with Crippen LogP contribution < -0.4 is 10.1 Å². The molecule has 2 aromatic carbocycles. The van der Waals surface area contributed by atoms with Crippen LogP contribution in [0.1, 0.15) is 32.3 Å². The highest BCUT2D eigenvalue weighted by Crippen LogP contribution is 2.27. The first-order chi connectivity index (χ1) is 11.0. The Hall–Kier alpha value is -1.94. The molecule has 1 N–H and O–H groups in total. The molecule has 122 valence electrons. The molecular formula is C19H23NO2S. The van der Waals surface area contributed by atoms with Gasteiger partial charge in [-0.3, -0.25) is 4.79 Å². The third kappa shape index (κ3) is 4.76. The third-order valence-corrected chi connectivity index (χ3v) is 4.28. The molecule has 0 unspecified atom stereocenters. The molecule has 0 saturated heterocycles. The normalized spacial score (nSPS) is 12.0. The van der Waals surface area contributed by atoms with Crippen molar-refractivity contribution in [1.29, 1.82) is 0 Å². The molecule has 0 aliphatic heterocycles. The summed E-state index contributed by atoms with van der Waals surface area (Å²) in [7, 11) is 0. The highest BCUT2D eigenvalue weighted by atomic mass is 32.2. The number of amides is 1. The molecule has 1 amide bonds. The minimum Gasteiger partial charge on any atom is -0.481 e. The van der Waals surface area contributed by atoms with E-state index >= 15 is 0 Å². The Kier molecular flexibility index (Phi) is 6.11. The number of carbonyl (C=O) groups excluding carboxylic acids is 1. The minimum absolute atomic E-state index is 0.151. The van der Waals surface area contributed by atoms with Crippen LogP contribution in [0.5, 0.6) is 5.75 Å². The van der Waals surface area contributed by atoms with Gasteiger partial charge in [-0.25, -0.2) is 0 Å². The molecule has 1 atom stereocenters. The summed E-state index contributed by atoms with van der Waals surface area (Å²) < 4.78 is 5.88. The predicted molar refractivity (Wildman–Crippen MR) is 97.5 cm³/mol. The number of nitrogens with one attached hydrogen (secondary N) is 1. The van der Waals surface area contributed by atoms with E-state index in [0.717, 1.165) is 21.9 Å². The Balaban J connectivity index is 2.05. The fourth-order valence-corrected chi connectivity index (χ4v) is 2.71. The van der Waals surface area contributed by atoms with Crippen molar-refractivity contribution in [1.82, 2.24) is 0 Å². The van der Waals surface area contributed by atoms with Gasteiger partial charge in [0.25, 0.3) is 5.91 Å². The zero-order valence-corrected chi connectivity index (χ0v) is 14.8. The van der Waals surface area contributed by atoms with E-state index in [4.69, 9.17) is 4.74 Å². The smallest absolute Gasteiger partial charge is 0.265 e. The summed E-state index contributed by atoms with van der Waals surface area (Å²) in [5.74, 6) is 0.963. The third-order valence-electron chi connectivity index (χ3n) is 3.55. The zero-order chi connectivity index (χ0) is 16.8.